The smallest absolute Gasteiger partial charge is 0.178 e. The zero-order chi connectivity index (χ0) is 14.1. The molecule has 0 amide bonds. The molecule has 0 spiro atoms. The lowest BCUT2D eigenvalue weighted by atomic mass is 9.94. The minimum atomic E-state index is 0.225. The van der Waals surface area contributed by atoms with E-state index in [0.717, 1.165) is 23.0 Å². The molecule has 0 saturated carbocycles. The summed E-state index contributed by atoms with van der Waals surface area (Å²) in [4.78, 5) is 18.1. The summed E-state index contributed by atoms with van der Waals surface area (Å²) in [6.45, 7) is 6.08. The molecule has 1 fully saturated rings. The van der Waals surface area contributed by atoms with Crippen molar-refractivity contribution in [1.29, 1.82) is 0 Å². The van der Waals surface area contributed by atoms with E-state index in [0.29, 0.717) is 18.5 Å². The highest BCUT2D eigenvalue weighted by Gasteiger charge is 2.25. The number of hydrogen-bond acceptors (Lipinski definition) is 2. The summed E-state index contributed by atoms with van der Waals surface area (Å²) >= 11 is 0. The van der Waals surface area contributed by atoms with Crippen molar-refractivity contribution in [3.63, 3.8) is 0 Å². The van der Waals surface area contributed by atoms with Crippen LogP contribution in [0.1, 0.15) is 37.0 Å². The van der Waals surface area contributed by atoms with Crippen molar-refractivity contribution in [3.8, 4) is 0 Å². The number of ketones is 1. The molecule has 0 aliphatic carbocycles. The molecule has 3 nitrogen and oxygen atoms in total. The first-order chi connectivity index (χ1) is 9.65. The summed E-state index contributed by atoms with van der Waals surface area (Å²) in [5.74, 6) is 0.922. The van der Waals surface area contributed by atoms with Crippen molar-refractivity contribution in [3.05, 3.63) is 36.0 Å². The maximum Gasteiger partial charge on any atom is 0.178 e. The lowest BCUT2D eigenvalue weighted by Crippen LogP contribution is -2.43. The van der Waals surface area contributed by atoms with Crippen molar-refractivity contribution in [1.82, 2.24) is 9.88 Å². The van der Waals surface area contributed by atoms with Gasteiger partial charge in [0.1, 0.15) is 0 Å². The summed E-state index contributed by atoms with van der Waals surface area (Å²) in [5.41, 5.74) is 1.86. The molecule has 1 aliphatic rings. The van der Waals surface area contributed by atoms with E-state index in [9.17, 15) is 4.79 Å². The number of para-hydroxylation sites is 1. The molecule has 0 bridgehead atoms. The number of carbonyl (C=O) groups excluding carboxylic acids is 1. The van der Waals surface area contributed by atoms with Gasteiger partial charge in [-0.05, 0) is 31.7 Å². The molecule has 3 heteroatoms. The molecular weight excluding hydrogens is 248 g/mol. The fourth-order valence-electron chi connectivity index (χ4n) is 3.17. The SMILES string of the molecule is CC1CCC(C)N(CC(=O)c2c[nH]c3ccccc23)C1. The Labute approximate surface area is 120 Å². The Balaban J connectivity index is 1.79. The summed E-state index contributed by atoms with van der Waals surface area (Å²) in [5, 5.41) is 1.04. The number of Topliss-reactive ketones (excluding diaryl/α,β-unsaturated/α-hetero) is 1. The first-order valence-corrected chi connectivity index (χ1v) is 7.48. The number of hydrogen-bond donors (Lipinski definition) is 1. The number of aromatic amines is 1. The Hall–Kier alpha value is -1.61. The third-order valence-corrected chi connectivity index (χ3v) is 4.48. The molecule has 1 saturated heterocycles. The minimum absolute atomic E-state index is 0.225. The first-order valence-electron chi connectivity index (χ1n) is 7.48. The maximum atomic E-state index is 12.6. The van der Waals surface area contributed by atoms with Gasteiger partial charge >= 0.3 is 0 Å². The molecule has 3 rings (SSSR count). The minimum Gasteiger partial charge on any atom is -0.360 e. The van der Waals surface area contributed by atoms with Crippen LogP contribution >= 0.6 is 0 Å². The van der Waals surface area contributed by atoms with Gasteiger partial charge in [0.05, 0.1) is 6.54 Å². The molecule has 2 aromatic rings. The number of carbonyl (C=O) groups is 1. The van der Waals surface area contributed by atoms with Gasteiger partial charge in [0.15, 0.2) is 5.78 Å². The number of rotatable bonds is 3. The molecule has 2 unspecified atom stereocenters. The highest BCUT2D eigenvalue weighted by Crippen LogP contribution is 2.23. The van der Waals surface area contributed by atoms with Gasteiger partial charge in [-0.2, -0.15) is 0 Å². The molecule has 1 aromatic carbocycles. The van der Waals surface area contributed by atoms with Crippen LogP contribution in [0.2, 0.25) is 0 Å². The number of benzene rings is 1. The van der Waals surface area contributed by atoms with Gasteiger partial charge in [-0.1, -0.05) is 25.1 Å². The summed E-state index contributed by atoms with van der Waals surface area (Å²) in [6.07, 6.45) is 4.33. The van der Waals surface area contributed by atoms with Gasteiger partial charge in [0.25, 0.3) is 0 Å². The Morgan fingerprint density at radius 1 is 1.30 bits per heavy atom. The third kappa shape index (κ3) is 2.50. The van der Waals surface area contributed by atoms with Crippen LogP contribution in [0.3, 0.4) is 0 Å². The molecule has 1 aromatic heterocycles. The van der Waals surface area contributed by atoms with Crippen LogP contribution in [-0.4, -0.2) is 34.8 Å². The fourth-order valence-corrected chi connectivity index (χ4v) is 3.17. The van der Waals surface area contributed by atoms with Gasteiger partial charge in [0, 0.05) is 35.2 Å². The van der Waals surface area contributed by atoms with Crippen molar-refractivity contribution >= 4 is 16.7 Å². The molecule has 1 aliphatic heterocycles. The van der Waals surface area contributed by atoms with Gasteiger partial charge < -0.3 is 4.98 Å². The predicted octanol–water partition coefficient (Wildman–Crippen LogP) is 3.47. The van der Waals surface area contributed by atoms with Crippen LogP contribution in [0.15, 0.2) is 30.5 Å². The average Bonchev–Trinajstić information content (AvgIpc) is 2.87. The van der Waals surface area contributed by atoms with Gasteiger partial charge in [0.2, 0.25) is 0 Å². The van der Waals surface area contributed by atoms with Crippen LogP contribution in [0.4, 0.5) is 0 Å². The van der Waals surface area contributed by atoms with Gasteiger partial charge in [-0.25, -0.2) is 0 Å². The molecule has 2 heterocycles. The standard InChI is InChI=1S/C17H22N2O/c1-12-7-8-13(2)19(10-12)11-17(20)15-9-18-16-6-4-3-5-14(15)16/h3-6,9,12-13,18H,7-8,10-11H2,1-2H3. The summed E-state index contributed by atoms with van der Waals surface area (Å²) in [7, 11) is 0. The van der Waals surface area contributed by atoms with Crippen molar-refractivity contribution in [2.24, 2.45) is 5.92 Å². The Morgan fingerprint density at radius 3 is 2.95 bits per heavy atom. The number of aromatic nitrogens is 1. The number of H-pyrrole nitrogens is 1. The normalized spacial score (nSPS) is 24.1. The van der Waals surface area contributed by atoms with Crippen LogP contribution < -0.4 is 0 Å². The Kier molecular flexibility index (Phi) is 3.62. The van der Waals surface area contributed by atoms with E-state index in [4.69, 9.17) is 0 Å². The largest absolute Gasteiger partial charge is 0.360 e. The second-order valence-corrected chi connectivity index (χ2v) is 6.13. The quantitative estimate of drug-likeness (QED) is 0.867. The molecule has 106 valence electrons. The topological polar surface area (TPSA) is 36.1 Å². The van der Waals surface area contributed by atoms with E-state index in [1.807, 2.05) is 30.5 Å². The maximum absolute atomic E-state index is 12.6. The van der Waals surface area contributed by atoms with Crippen LogP contribution in [0.25, 0.3) is 10.9 Å². The predicted molar refractivity (Wildman–Crippen MR) is 82.1 cm³/mol. The molecule has 20 heavy (non-hydrogen) atoms. The Bertz CT molecular complexity index is 616. The van der Waals surface area contributed by atoms with E-state index in [1.165, 1.54) is 12.8 Å². The van der Waals surface area contributed by atoms with E-state index >= 15 is 0 Å². The Morgan fingerprint density at radius 2 is 2.10 bits per heavy atom. The monoisotopic (exact) mass is 270 g/mol. The second kappa shape index (κ2) is 5.41. The first kappa shape index (κ1) is 13.4. The zero-order valence-corrected chi connectivity index (χ0v) is 12.2. The number of piperidine rings is 1. The average molecular weight is 270 g/mol. The second-order valence-electron chi connectivity index (χ2n) is 6.13. The number of likely N-dealkylation sites (tertiary alicyclic amines) is 1. The zero-order valence-electron chi connectivity index (χ0n) is 12.2. The van der Waals surface area contributed by atoms with Crippen LogP contribution in [0, 0.1) is 5.92 Å². The van der Waals surface area contributed by atoms with E-state index in [2.05, 4.69) is 23.7 Å². The van der Waals surface area contributed by atoms with E-state index in [1.54, 1.807) is 0 Å². The van der Waals surface area contributed by atoms with Gasteiger partial charge in [-0.3, -0.25) is 9.69 Å². The number of nitrogens with one attached hydrogen (secondary N) is 1. The highest BCUT2D eigenvalue weighted by molar-refractivity contribution is 6.08. The lowest BCUT2D eigenvalue weighted by Gasteiger charge is -2.36. The van der Waals surface area contributed by atoms with E-state index in [-0.39, 0.29) is 5.78 Å². The number of fused-ring (bicyclic) bond motifs is 1. The molecule has 1 N–H and O–H groups in total. The highest BCUT2D eigenvalue weighted by atomic mass is 16.1. The van der Waals surface area contributed by atoms with Crippen LogP contribution in [-0.2, 0) is 0 Å². The van der Waals surface area contributed by atoms with Crippen molar-refractivity contribution in [2.45, 2.75) is 32.7 Å². The van der Waals surface area contributed by atoms with Crippen molar-refractivity contribution in [2.75, 3.05) is 13.1 Å². The summed E-state index contributed by atoms with van der Waals surface area (Å²) in [6, 6.07) is 8.51. The third-order valence-electron chi connectivity index (χ3n) is 4.48. The van der Waals surface area contributed by atoms with Gasteiger partial charge in [-0.15, -0.1) is 0 Å². The van der Waals surface area contributed by atoms with Crippen molar-refractivity contribution < 1.29 is 4.79 Å². The molecule has 0 radical (unpaired) electrons. The van der Waals surface area contributed by atoms with E-state index < -0.39 is 0 Å². The summed E-state index contributed by atoms with van der Waals surface area (Å²) < 4.78 is 0. The fraction of sp³-hybridized carbons (Fsp3) is 0.471. The molecule has 2 atom stereocenters. The lowest BCUT2D eigenvalue weighted by molar-refractivity contribution is 0.0807. The number of nitrogens with zero attached hydrogens (tertiary/aromatic N) is 1. The van der Waals surface area contributed by atoms with Crippen LogP contribution in [0.5, 0.6) is 0 Å². The molecular formula is C17H22N2O.